The smallest absolute Gasteiger partial charge is 0.0484 e. The lowest BCUT2D eigenvalue weighted by Crippen LogP contribution is -2.44. The van der Waals surface area contributed by atoms with Crippen LogP contribution in [0.1, 0.15) is 0 Å². The molecule has 0 bridgehead atoms. The molecule has 1 aliphatic rings. The van der Waals surface area contributed by atoms with Crippen LogP contribution in [0.25, 0.3) is 11.1 Å². The van der Waals surface area contributed by atoms with Crippen LogP contribution in [0.2, 0.25) is 5.02 Å². The fourth-order valence-electron chi connectivity index (χ4n) is 2.63. The topological polar surface area (TPSA) is 6.48 Å². The highest BCUT2D eigenvalue weighted by Crippen LogP contribution is 2.30. The van der Waals surface area contributed by atoms with Gasteiger partial charge >= 0.3 is 0 Å². The van der Waals surface area contributed by atoms with E-state index in [2.05, 4.69) is 47.2 Å². The number of piperazine rings is 1. The van der Waals surface area contributed by atoms with Crippen LogP contribution in [-0.2, 0) is 0 Å². The molecule has 0 aromatic heterocycles. The van der Waals surface area contributed by atoms with E-state index in [1.807, 2.05) is 18.2 Å². The second kappa shape index (κ2) is 5.86. The van der Waals surface area contributed by atoms with Crippen molar-refractivity contribution in [1.82, 2.24) is 4.90 Å². The SMILES string of the molecule is CN1CCN(c2cccc(-c3ccccc3Cl)c2)CC1. The Labute approximate surface area is 125 Å². The van der Waals surface area contributed by atoms with Gasteiger partial charge in [-0.05, 0) is 30.8 Å². The molecule has 1 aliphatic heterocycles. The maximum Gasteiger partial charge on any atom is 0.0484 e. The summed E-state index contributed by atoms with van der Waals surface area (Å²) in [6.07, 6.45) is 0. The van der Waals surface area contributed by atoms with E-state index in [4.69, 9.17) is 11.6 Å². The van der Waals surface area contributed by atoms with Gasteiger partial charge in [0.15, 0.2) is 0 Å². The zero-order valence-electron chi connectivity index (χ0n) is 11.7. The predicted octanol–water partition coefficient (Wildman–Crippen LogP) is 3.76. The molecule has 0 amide bonds. The van der Waals surface area contributed by atoms with Crippen molar-refractivity contribution < 1.29 is 0 Å². The normalized spacial score (nSPS) is 16.4. The van der Waals surface area contributed by atoms with Crippen molar-refractivity contribution in [3.63, 3.8) is 0 Å². The Morgan fingerprint density at radius 3 is 2.40 bits per heavy atom. The molecule has 0 N–H and O–H groups in total. The number of hydrogen-bond donors (Lipinski definition) is 0. The third-order valence-corrected chi connectivity index (χ3v) is 4.23. The molecule has 0 saturated carbocycles. The second-order valence-electron chi connectivity index (χ2n) is 5.32. The highest BCUT2D eigenvalue weighted by atomic mass is 35.5. The molecule has 2 aromatic carbocycles. The molecule has 0 atom stereocenters. The third-order valence-electron chi connectivity index (χ3n) is 3.90. The van der Waals surface area contributed by atoms with E-state index >= 15 is 0 Å². The molecule has 3 heteroatoms. The molecule has 2 nitrogen and oxygen atoms in total. The molecule has 2 aromatic rings. The van der Waals surface area contributed by atoms with Gasteiger partial charge in [0.25, 0.3) is 0 Å². The molecule has 1 heterocycles. The van der Waals surface area contributed by atoms with Gasteiger partial charge in [-0.3, -0.25) is 0 Å². The van der Waals surface area contributed by atoms with E-state index < -0.39 is 0 Å². The van der Waals surface area contributed by atoms with Crippen LogP contribution in [0.4, 0.5) is 5.69 Å². The van der Waals surface area contributed by atoms with E-state index in [0.29, 0.717) is 0 Å². The Morgan fingerprint density at radius 2 is 1.65 bits per heavy atom. The van der Waals surface area contributed by atoms with Crippen LogP contribution >= 0.6 is 11.6 Å². The first kappa shape index (κ1) is 13.5. The number of rotatable bonds is 2. The molecule has 0 unspecified atom stereocenters. The van der Waals surface area contributed by atoms with Gasteiger partial charge in [-0.25, -0.2) is 0 Å². The fourth-order valence-corrected chi connectivity index (χ4v) is 2.87. The molecule has 20 heavy (non-hydrogen) atoms. The Balaban J connectivity index is 1.88. The average Bonchev–Trinajstić information content (AvgIpc) is 2.49. The minimum Gasteiger partial charge on any atom is -0.369 e. The van der Waals surface area contributed by atoms with Gasteiger partial charge in [-0.15, -0.1) is 0 Å². The number of benzene rings is 2. The van der Waals surface area contributed by atoms with Gasteiger partial charge in [-0.2, -0.15) is 0 Å². The van der Waals surface area contributed by atoms with Gasteiger partial charge in [0.05, 0.1) is 0 Å². The van der Waals surface area contributed by atoms with Crippen molar-refractivity contribution in [1.29, 1.82) is 0 Å². The quantitative estimate of drug-likeness (QED) is 0.829. The molecule has 0 radical (unpaired) electrons. The number of anilines is 1. The summed E-state index contributed by atoms with van der Waals surface area (Å²) in [6.45, 7) is 4.41. The molecular weight excluding hydrogens is 268 g/mol. The van der Waals surface area contributed by atoms with Gasteiger partial charge < -0.3 is 9.80 Å². The monoisotopic (exact) mass is 286 g/mol. The minimum absolute atomic E-state index is 0.808. The summed E-state index contributed by atoms with van der Waals surface area (Å²) in [5.41, 5.74) is 3.58. The molecule has 0 aliphatic carbocycles. The van der Waals surface area contributed by atoms with Crippen molar-refractivity contribution in [3.8, 4) is 11.1 Å². The van der Waals surface area contributed by atoms with Crippen LogP contribution in [0.15, 0.2) is 48.5 Å². The van der Waals surface area contributed by atoms with E-state index in [1.165, 1.54) is 11.3 Å². The Kier molecular flexibility index (Phi) is 3.95. The van der Waals surface area contributed by atoms with Crippen molar-refractivity contribution in [2.75, 3.05) is 38.1 Å². The Hall–Kier alpha value is -1.51. The van der Waals surface area contributed by atoms with E-state index in [0.717, 1.165) is 36.8 Å². The number of nitrogens with zero attached hydrogens (tertiary/aromatic N) is 2. The molecular formula is C17H19ClN2. The predicted molar refractivity (Wildman–Crippen MR) is 86.6 cm³/mol. The summed E-state index contributed by atoms with van der Waals surface area (Å²) in [5, 5.41) is 0.808. The Bertz CT molecular complexity index is 589. The lowest BCUT2D eigenvalue weighted by molar-refractivity contribution is 0.313. The van der Waals surface area contributed by atoms with Crippen LogP contribution in [-0.4, -0.2) is 38.1 Å². The van der Waals surface area contributed by atoms with Gasteiger partial charge in [0, 0.05) is 42.5 Å². The summed E-state index contributed by atoms with van der Waals surface area (Å²) < 4.78 is 0. The lowest BCUT2D eigenvalue weighted by Gasteiger charge is -2.34. The van der Waals surface area contributed by atoms with Crippen molar-refractivity contribution in [3.05, 3.63) is 53.6 Å². The van der Waals surface area contributed by atoms with Gasteiger partial charge in [-0.1, -0.05) is 41.9 Å². The van der Waals surface area contributed by atoms with Gasteiger partial charge in [0.2, 0.25) is 0 Å². The number of halogens is 1. The minimum atomic E-state index is 0.808. The number of likely N-dealkylation sites (N-methyl/N-ethyl adjacent to an activating group) is 1. The van der Waals surface area contributed by atoms with Crippen LogP contribution < -0.4 is 4.90 Å². The largest absolute Gasteiger partial charge is 0.369 e. The summed E-state index contributed by atoms with van der Waals surface area (Å²) >= 11 is 6.30. The Morgan fingerprint density at radius 1 is 0.900 bits per heavy atom. The first-order chi connectivity index (χ1) is 9.74. The summed E-state index contributed by atoms with van der Waals surface area (Å²) in [6, 6.07) is 16.7. The maximum absolute atomic E-state index is 6.30. The lowest BCUT2D eigenvalue weighted by atomic mass is 10.0. The van der Waals surface area contributed by atoms with Crippen LogP contribution in [0.5, 0.6) is 0 Å². The van der Waals surface area contributed by atoms with Crippen molar-refractivity contribution in [2.45, 2.75) is 0 Å². The first-order valence-corrected chi connectivity index (χ1v) is 7.40. The summed E-state index contributed by atoms with van der Waals surface area (Å²) in [4.78, 5) is 4.81. The average molecular weight is 287 g/mol. The van der Waals surface area contributed by atoms with Crippen molar-refractivity contribution in [2.24, 2.45) is 0 Å². The highest BCUT2D eigenvalue weighted by molar-refractivity contribution is 6.33. The van der Waals surface area contributed by atoms with E-state index in [9.17, 15) is 0 Å². The summed E-state index contributed by atoms with van der Waals surface area (Å²) in [7, 11) is 2.18. The van der Waals surface area contributed by atoms with Gasteiger partial charge in [0.1, 0.15) is 0 Å². The zero-order valence-corrected chi connectivity index (χ0v) is 12.5. The van der Waals surface area contributed by atoms with E-state index in [-0.39, 0.29) is 0 Å². The highest BCUT2D eigenvalue weighted by Gasteiger charge is 2.14. The first-order valence-electron chi connectivity index (χ1n) is 7.02. The third kappa shape index (κ3) is 2.82. The van der Waals surface area contributed by atoms with Crippen LogP contribution in [0.3, 0.4) is 0 Å². The maximum atomic E-state index is 6.30. The van der Waals surface area contributed by atoms with Crippen molar-refractivity contribution >= 4 is 17.3 Å². The summed E-state index contributed by atoms with van der Waals surface area (Å²) in [5.74, 6) is 0. The van der Waals surface area contributed by atoms with E-state index in [1.54, 1.807) is 0 Å². The molecule has 1 saturated heterocycles. The number of hydrogen-bond acceptors (Lipinski definition) is 2. The molecule has 104 valence electrons. The fraction of sp³-hybridized carbons (Fsp3) is 0.294. The molecule has 3 rings (SSSR count). The molecule has 0 spiro atoms. The molecule has 1 fully saturated rings. The second-order valence-corrected chi connectivity index (χ2v) is 5.73. The standard InChI is InChI=1S/C17H19ClN2/c1-19-9-11-20(12-10-19)15-6-4-5-14(13-15)16-7-2-3-8-17(16)18/h2-8,13H,9-12H2,1H3. The van der Waals surface area contributed by atoms with Crippen LogP contribution in [0, 0.1) is 0 Å². The zero-order chi connectivity index (χ0) is 13.9.